The molecule has 0 amide bonds. The van der Waals surface area contributed by atoms with Gasteiger partial charge in [-0.2, -0.15) is 13.2 Å². The van der Waals surface area contributed by atoms with Gasteiger partial charge in [-0.25, -0.2) is 0 Å². The predicted molar refractivity (Wildman–Crippen MR) is 25.0 cm³/mol. The second-order valence-electron chi connectivity index (χ2n) is 2.20. The lowest BCUT2D eigenvalue weighted by molar-refractivity contribution is -0.174. The van der Waals surface area contributed by atoms with Gasteiger partial charge in [-0.05, 0) is 0 Å². The van der Waals surface area contributed by atoms with Crippen LogP contribution in [0.4, 0.5) is 13.2 Å². The number of alkyl halides is 3. The van der Waals surface area contributed by atoms with Crippen LogP contribution >= 0.6 is 0 Å². The molecular weight excluding hydrogens is 133 g/mol. The van der Waals surface area contributed by atoms with Gasteiger partial charge >= 0.3 is 6.18 Å². The van der Waals surface area contributed by atoms with Gasteiger partial charge in [-0.15, -0.1) is 0 Å². The van der Waals surface area contributed by atoms with Crippen LogP contribution in [0.3, 0.4) is 0 Å². The van der Waals surface area contributed by atoms with Crippen LogP contribution in [0.15, 0.2) is 0 Å². The van der Waals surface area contributed by atoms with Gasteiger partial charge in [0.15, 0.2) is 0 Å². The molecule has 4 heteroatoms. The lowest BCUT2D eigenvalue weighted by Gasteiger charge is -2.11. The van der Waals surface area contributed by atoms with Crippen LogP contribution in [0.25, 0.3) is 0 Å². The summed E-state index contributed by atoms with van der Waals surface area (Å²) < 4.78 is 39.5. The van der Waals surface area contributed by atoms with E-state index in [4.69, 9.17) is 0 Å². The Morgan fingerprint density at radius 1 is 1.56 bits per heavy atom. The summed E-state index contributed by atoms with van der Waals surface area (Å²) in [6, 6.07) is 0. The topological polar surface area (TPSA) is 12.5 Å². The second kappa shape index (κ2) is 1.87. The van der Waals surface area contributed by atoms with E-state index >= 15 is 0 Å². The molecule has 0 radical (unpaired) electrons. The first-order chi connectivity index (χ1) is 4.02. The van der Waals surface area contributed by atoms with Gasteiger partial charge in [-0.1, -0.05) is 6.92 Å². The molecule has 2 atom stereocenters. The van der Waals surface area contributed by atoms with Crippen molar-refractivity contribution in [3.8, 4) is 0 Å². The highest BCUT2D eigenvalue weighted by molar-refractivity contribution is 4.80. The van der Waals surface area contributed by atoms with E-state index in [0.717, 1.165) is 6.92 Å². The van der Waals surface area contributed by atoms with Crippen LogP contribution in [-0.2, 0) is 4.74 Å². The Morgan fingerprint density at radius 3 is 2.11 bits per heavy atom. The van der Waals surface area contributed by atoms with E-state index in [2.05, 4.69) is 4.74 Å². The first-order valence-corrected chi connectivity index (χ1v) is 2.70. The Bertz CT molecular complexity index is 105. The van der Waals surface area contributed by atoms with Crippen LogP contribution in [0.1, 0.15) is 6.92 Å². The third kappa shape index (κ3) is 1.58. The van der Waals surface area contributed by atoms with Gasteiger partial charge < -0.3 is 4.74 Å². The van der Waals surface area contributed by atoms with Crippen molar-refractivity contribution in [2.75, 3.05) is 6.61 Å². The first kappa shape index (κ1) is 6.86. The number of hydrogen-bond donors (Lipinski definition) is 0. The lowest BCUT2D eigenvalue weighted by atomic mass is 10.1. The molecule has 1 heterocycles. The van der Waals surface area contributed by atoms with Gasteiger partial charge in [-0.3, -0.25) is 0 Å². The summed E-state index contributed by atoms with van der Waals surface area (Å²) in [6.45, 7) is 1.40. The van der Waals surface area contributed by atoms with Crippen molar-refractivity contribution in [1.82, 2.24) is 0 Å². The molecule has 0 N–H and O–H groups in total. The fourth-order valence-electron chi connectivity index (χ4n) is 0.555. The minimum atomic E-state index is -4.08. The summed E-state index contributed by atoms with van der Waals surface area (Å²) in [6.07, 6.45) is -4.65. The molecule has 1 aliphatic heterocycles. The number of epoxide rings is 1. The molecule has 0 spiro atoms. The van der Waals surface area contributed by atoms with Gasteiger partial charge in [0.2, 0.25) is 0 Å². The molecule has 0 bridgehead atoms. The third-order valence-corrected chi connectivity index (χ3v) is 1.43. The molecule has 0 saturated carbocycles. The largest absolute Gasteiger partial charge is 0.394 e. The number of hydrogen-bond acceptors (Lipinski definition) is 1. The van der Waals surface area contributed by atoms with Crippen molar-refractivity contribution >= 4 is 0 Å². The number of ether oxygens (including phenoxy) is 1. The summed E-state index contributed by atoms with van der Waals surface area (Å²) in [4.78, 5) is 0. The maximum atomic E-state index is 11.7. The highest BCUT2D eigenvalue weighted by Crippen LogP contribution is 2.34. The SMILES string of the molecule is CC(C1CO1)C(F)(F)F. The fourth-order valence-corrected chi connectivity index (χ4v) is 0.555. The number of halogens is 3. The first-order valence-electron chi connectivity index (χ1n) is 2.70. The van der Waals surface area contributed by atoms with E-state index in [1.165, 1.54) is 0 Å². The summed E-state index contributed by atoms with van der Waals surface area (Å²) in [5.41, 5.74) is 0. The van der Waals surface area contributed by atoms with Crippen LogP contribution < -0.4 is 0 Å². The molecule has 1 aliphatic rings. The maximum absolute atomic E-state index is 11.7. The van der Waals surface area contributed by atoms with Crippen LogP contribution in [-0.4, -0.2) is 18.9 Å². The Balaban J connectivity index is 2.40. The molecule has 9 heavy (non-hydrogen) atoms. The van der Waals surface area contributed by atoms with E-state index < -0.39 is 18.2 Å². The molecular formula is C5H7F3O. The Kier molecular flexibility index (Phi) is 1.42. The standard InChI is InChI=1S/C5H7F3O/c1-3(4-2-9-4)5(6,7)8/h3-4H,2H2,1H3. The third-order valence-electron chi connectivity index (χ3n) is 1.43. The molecule has 0 aromatic rings. The molecule has 1 saturated heterocycles. The van der Waals surface area contributed by atoms with Crippen molar-refractivity contribution < 1.29 is 17.9 Å². The van der Waals surface area contributed by atoms with E-state index in [-0.39, 0.29) is 6.61 Å². The van der Waals surface area contributed by atoms with Crippen molar-refractivity contribution in [1.29, 1.82) is 0 Å². The van der Waals surface area contributed by atoms with Crippen LogP contribution in [0, 0.1) is 5.92 Å². The van der Waals surface area contributed by atoms with Crippen molar-refractivity contribution in [2.45, 2.75) is 19.2 Å². The normalized spacial score (nSPS) is 30.0. The minimum absolute atomic E-state index is 0.265. The van der Waals surface area contributed by atoms with Gasteiger partial charge in [0.05, 0.1) is 18.6 Å². The quantitative estimate of drug-likeness (QED) is 0.504. The highest BCUT2D eigenvalue weighted by atomic mass is 19.4. The smallest absolute Gasteiger partial charge is 0.372 e. The van der Waals surface area contributed by atoms with E-state index in [9.17, 15) is 13.2 Å². The lowest BCUT2D eigenvalue weighted by Crippen LogP contribution is -2.24. The van der Waals surface area contributed by atoms with Crippen LogP contribution in [0.2, 0.25) is 0 Å². The minimum Gasteiger partial charge on any atom is -0.372 e. The summed E-state index contributed by atoms with van der Waals surface area (Å²) in [5.74, 6) is -1.29. The monoisotopic (exact) mass is 140 g/mol. The van der Waals surface area contributed by atoms with Gasteiger partial charge in [0.25, 0.3) is 0 Å². The van der Waals surface area contributed by atoms with Crippen molar-refractivity contribution in [3.05, 3.63) is 0 Å². The number of rotatable bonds is 1. The molecule has 2 unspecified atom stereocenters. The van der Waals surface area contributed by atoms with Crippen molar-refractivity contribution in [3.63, 3.8) is 0 Å². The summed E-state index contributed by atoms with van der Waals surface area (Å²) in [7, 11) is 0. The second-order valence-corrected chi connectivity index (χ2v) is 2.20. The average Bonchev–Trinajstić information content (AvgIpc) is 2.40. The van der Waals surface area contributed by atoms with E-state index in [1.807, 2.05) is 0 Å². The maximum Gasteiger partial charge on any atom is 0.394 e. The molecule has 0 aliphatic carbocycles. The van der Waals surface area contributed by atoms with E-state index in [1.54, 1.807) is 0 Å². The summed E-state index contributed by atoms with van der Waals surface area (Å²) in [5, 5.41) is 0. The van der Waals surface area contributed by atoms with E-state index in [0.29, 0.717) is 0 Å². The van der Waals surface area contributed by atoms with Gasteiger partial charge in [0, 0.05) is 0 Å². The van der Waals surface area contributed by atoms with Crippen LogP contribution in [0.5, 0.6) is 0 Å². The Hall–Kier alpha value is -0.250. The zero-order chi connectivity index (χ0) is 7.07. The van der Waals surface area contributed by atoms with Crippen molar-refractivity contribution in [2.24, 2.45) is 5.92 Å². The highest BCUT2D eigenvalue weighted by Gasteiger charge is 2.46. The zero-order valence-corrected chi connectivity index (χ0v) is 4.90. The molecule has 0 aromatic heterocycles. The molecule has 0 aromatic carbocycles. The molecule has 54 valence electrons. The molecule has 1 fully saturated rings. The molecule has 1 nitrogen and oxygen atoms in total. The molecule has 1 rings (SSSR count). The zero-order valence-electron chi connectivity index (χ0n) is 4.90. The Labute approximate surface area is 50.8 Å². The average molecular weight is 140 g/mol. The fraction of sp³-hybridized carbons (Fsp3) is 1.00. The van der Waals surface area contributed by atoms with Gasteiger partial charge in [0.1, 0.15) is 0 Å². The summed E-state index contributed by atoms with van der Waals surface area (Å²) >= 11 is 0. The predicted octanol–water partition coefficient (Wildman–Crippen LogP) is 1.58. The Morgan fingerprint density at radius 2 is 2.00 bits per heavy atom.